The van der Waals surface area contributed by atoms with E-state index in [4.69, 9.17) is 9.47 Å². The lowest BCUT2D eigenvalue weighted by molar-refractivity contribution is 0.101. The summed E-state index contributed by atoms with van der Waals surface area (Å²) in [6.07, 6.45) is 3.13. The highest BCUT2D eigenvalue weighted by molar-refractivity contribution is 6.06. The Balaban J connectivity index is 1.51. The Kier molecular flexibility index (Phi) is 3.94. The number of aromatic nitrogens is 3. The molecule has 5 rings (SSSR count). The third kappa shape index (κ3) is 2.87. The number of hydrogen-bond acceptors (Lipinski definition) is 4. The van der Waals surface area contributed by atoms with Crippen molar-refractivity contribution >= 4 is 22.6 Å². The van der Waals surface area contributed by atoms with Crippen molar-refractivity contribution in [2.75, 3.05) is 18.5 Å². The number of fused-ring (bicyclic) bond motifs is 3. The SMILES string of the molecule is O=C(Nc1c[nH]cc1-c1nc2c3c(ccc2[nH]1)OCCO3)c1c(F)cccc1F. The van der Waals surface area contributed by atoms with Gasteiger partial charge in [-0.25, -0.2) is 13.8 Å². The fraction of sp³-hybridized carbons (Fsp3) is 0.100. The van der Waals surface area contributed by atoms with E-state index in [2.05, 4.69) is 20.3 Å². The van der Waals surface area contributed by atoms with E-state index in [-0.39, 0.29) is 0 Å². The summed E-state index contributed by atoms with van der Waals surface area (Å²) in [4.78, 5) is 23.0. The zero-order chi connectivity index (χ0) is 20.0. The number of hydrogen-bond donors (Lipinski definition) is 3. The molecule has 4 aromatic rings. The van der Waals surface area contributed by atoms with Gasteiger partial charge in [-0.05, 0) is 24.3 Å². The summed E-state index contributed by atoms with van der Waals surface area (Å²) in [5.74, 6) is -1.16. The standard InChI is InChI=1S/C20H14F2N4O3/c21-11-2-1-3-12(22)16(11)20(27)25-14-9-23-8-10(14)19-24-13-4-5-15-18(17(13)26-19)29-7-6-28-15/h1-5,8-9,23H,6-7H2,(H,24,26)(H,25,27). The van der Waals surface area contributed by atoms with Gasteiger partial charge in [0.25, 0.3) is 5.91 Å². The van der Waals surface area contributed by atoms with Gasteiger partial charge in [0.05, 0.1) is 16.8 Å². The second-order valence-corrected chi connectivity index (χ2v) is 6.40. The van der Waals surface area contributed by atoms with Gasteiger partial charge in [0, 0.05) is 12.4 Å². The first kappa shape index (κ1) is 17.2. The number of H-pyrrole nitrogens is 2. The van der Waals surface area contributed by atoms with Crippen molar-refractivity contribution < 1.29 is 23.0 Å². The van der Waals surface area contributed by atoms with Crippen LogP contribution >= 0.6 is 0 Å². The third-order valence-corrected chi connectivity index (χ3v) is 4.60. The molecule has 0 bridgehead atoms. The molecule has 2 aromatic carbocycles. The molecule has 0 radical (unpaired) electrons. The molecule has 1 aliphatic heterocycles. The largest absolute Gasteiger partial charge is 0.486 e. The number of benzene rings is 2. The topological polar surface area (TPSA) is 92.0 Å². The number of anilines is 1. The zero-order valence-corrected chi connectivity index (χ0v) is 14.9. The van der Waals surface area contributed by atoms with Gasteiger partial charge in [-0.15, -0.1) is 0 Å². The van der Waals surface area contributed by atoms with E-state index >= 15 is 0 Å². The number of halogens is 2. The van der Waals surface area contributed by atoms with Gasteiger partial charge < -0.3 is 24.8 Å². The maximum absolute atomic E-state index is 13.9. The Morgan fingerprint density at radius 3 is 2.69 bits per heavy atom. The van der Waals surface area contributed by atoms with Gasteiger partial charge in [0.1, 0.15) is 41.8 Å². The van der Waals surface area contributed by atoms with Crippen LogP contribution in [-0.4, -0.2) is 34.1 Å². The molecule has 0 atom stereocenters. The fourth-order valence-corrected chi connectivity index (χ4v) is 3.27. The molecule has 29 heavy (non-hydrogen) atoms. The zero-order valence-electron chi connectivity index (χ0n) is 14.9. The lowest BCUT2D eigenvalue weighted by Gasteiger charge is -2.17. The van der Waals surface area contributed by atoms with Crippen LogP contribution in [0.1, 0.15) is 10.4 Å². The average Bonchev–Trinajstić information content (AvgIpc) is 3.34. The van der Waals surface area contributed by atoms with Gasteiger partial charge in [-0.2, -0.15) is 0 Å². The molecule has 1 amide bonds. The van der Waals surface area contributed by atoms with Crippen molar-refractivity contribution in [3.63, 3.8) is 0 Å². The van der Waals surface area contributed by atoms with Crippen molar-refractivity contribution in [3.8, 4) is 22.9 Å². The molecule has 3 heterocycles. The molecule has 7 nitrogen and oxygen atoms in total. The summed E-state index contributed by atoms with van der Waals surface area (Å²) in [6, 6.07) is 6.86. The van der Waals surface area contributed by atoms with Gasteiger partial charge in [0.15, 0.2) is 11.5 Å². The maximum Gasteiger partial charge on any atom is 0.261 e. The van der Waals surface area contributed by atoms with Gasteiger partial charge in [-0.1, -0.05) is 6.07 Å². The highest BCUT2D eigenvalue weighted by Gasteiger charge is 2.22. The molecular weight excluding hydrogens is 382 g/mol. The van der Waals surface area contributed by atoms with E-state index in [0.717, 1.165) is 17.6 Å². The highest BCUT2D eigenvalue weighted by Crippen LogP contribution is 2.38. The van der Waals surface area contributed by atoms with E-state index in [0.29, 0.717) is 47.3 Å². The number of aromatic amines is 2. The van der Waals surface area contributed by atoms with E-state index < -0.39 is 23.1 Å². The predicted molar refractivity (Wildman–Crippen MR) is 101 cm³/mol. The Morgan fingerprint density at radius 2 is 1.86 bits per heavy atom. The van der Waals surface area contributed by atoms with E-state index in [1.54, 1.807) is 12.3 Å². The summed E-state index contributed by atoms with van der Waals surface area (Å²) < 4.78 is 39.0. The first-order valence-electron chi connectivity index (χ1n) is 8.82. The lowest BCUT2D eigenvalue weighted by Crippen LogP contribution is -2.16. The summed E-state index contributed by atoms with van der Waals surface area (Å²) in [5, 5.41) is 2.53. The molecule has 0 aliphatic carbocycles. The van der Waals surface area contributed by atoms with Crippen LogP contribution in [0.4, 0.5) is 14.5 Å². The van der Waals surface area contributed by atoms with Crippen LogP contribution in [0.15, 0.2) is 42.7 Å². The maximum atomic E-state index is 13.9. The van der Waals surface area contributed by atoms with Crippen LogP contribution in [0.2, 0.25) is 0 Å². The summed E-state index contributed by atoms with van der Waals surface area (Å²) in [7, 11) is 0. The van der Waals surface area contributed by atoms with Crippen LogP contribution < -0.4 is 14.8 Å². The van der Waals surface area contributed by atoms with Crippen molar-refractivity contribution in [1.82, 2.24) is 15.0 Å². The van der Waals surface area contributed by atoms with Gasteiger partial charge in [0.2, 0.25) is 0 Å². The first-order chi connectivity index (χ1) is 14.1. The Labute approximate surface area is 162 Å². The average molecular weight is 396 g/mol. The summed E-state index contributed by atoms with van der Waals surface area (Å²) in [6.45, 7) is 0.893. The lowest BCUT2D eigenvalue weighted by atomic mass is 10.1. The number of amides is 1. The van der Waals surface area contributed by atoms with Gasteiger partial charge >= 0.3 is 0 Å². The Hall–Kier alpha value is -3.88. The molecule has 3 N–H and O–H groups in total. The minimum absolute atomic E-state index is 0.322. The molecular formula is C20H14F2N4O3. The van der Waals surface area contributed by atoms with Crippen LogP contribution in [-0.2, 0) is 0 Å². The van der Waals surface area contributed by atoms with Crippen LogP contribution in [0.5, 0.6) is 11.5 Å². The van der Waals surface area contributed by atoms with Crippen molar-refractivity contribution in [1.29, 1.82) is 0 Å². The number of carbonyl (C=O) groups excluding carboxylic acids is 1. The smallest absolute Gasteiger partial charge is 0.261 e. The summed E-state index contributed by atoms with van der Waals surface area (Å²) in [5.41, 5.74) is 1.52. The van der Waals surface area contributed by atoms with Crippen LogP contribution in [0, 0.1) is 11.6 Å². The fourth-order valence-electron chi connectivity index (χ4n) is 3.27. The molecule has 0 unspecified atom stereocenters. The highest BCUT2D eigenvalue weighted by atomic mass is 19.1. The minimum atomic E-state index is -0.938. The molecule has 0 saturated carbocycles. The molecule has 146 valence electrons. The normalized spacial score (nSPS) is 12.9. The third-order valence-electron chi connectivity index (χ3n) is 4.60. The van der Waals surface area contributed by atoms with Crippen molar-refractivity contribution in [2.24, 2.45) is 0 Å². The quantitative estimate of drug-likeness (QED) is 0.490. The number of imidazole rings is 1. The Morgan fingerprint density at radius 1 is 1.07 bits per heavy atom. The second kappa shape index (κ2) is 6.62. The Bertz CT molecular complexity index is 1230. The number of nitrogens with zero attached hydrogens (tertiary/aromatic N) is 1. The number of nitrogens with one attached hydrogen (secondary N) is 3. The minimum Gasteiger partial charge on any atom is -0.486 e. The number of rotatable bonds is 3. The summed E-state index contributed by atoms with van der Waals surface area (Å²) >= 11 is 0. The second-order valence-electron chi connectivity index (χ2n) is 6.40. The van der Waals surface area contributed by atoms with Crippen molar-refractivity contribution in [3.05, 3.63) is 59.9 Å². The number of carbonyl (C=O) groups is 1. The molecule has 9 heteroatoms. The molecule has 1 aliphatic rings. The molecule has 0 spiro atoms. The van der Waals surface area contributed by atoms with E-state index in [9.17, 15) is 13.6 Å². The van der Waals surface area contributed by atoms with E-state index in [1.165, 1.54) is 12.3 Å². The van der Waals surface area contributed by atoms with Crippen molar-refractivity contribution in [2.45, 2.75) is 0 Å². The molecule has 2 aromatic heterocycles. The van der Waals surface area contributed by atoms with Crippen LogP contribution in [0.25, 0.3) is 22.4 Å². The van der Waals surface area contributed by atoms with Gasteiger partial charge in [-0.3, -0.25) is 4.79 Å². The predicted octanol–water partition coefficient (Wildman–Crippen LogP) is 3.86. The molecule has 0 saturated heterocycles. The van der Waals surface area contributed by atoms with Crippen LogP contribution in [0.3, 0.4) is 0 Å². The number of ether oxygens (including phenoxy) is 2. The molecule has 0 fully saturated rings. The van der Waals surface area contributed by atoms with E-state index in [1.807, 2.05) is 6.07 Å². The monoisotopic (exact) mass is 396 g/mol. The first-order valence-corrected chi connectivity index (χ1v) is 8.82.